The topological polar surface area (TPSA) is 76.0 Å². The number of carbonyl (C=O) groups is 1. The SMILES string of the molecule is O=C(c1ccn(Cc2ccccc2Cl)c1)N1CCC(c2ccnc3nc(C4CCOCC4)[nH]c23)CC1. The smallest absolute Gasteiger partial charge is 0.255 e. The van der Waals surface area contributed by atoms with Crippen LogP contribution < -0.4 is 0 Å². The van der Waals surface area contributed by atoms with Crippen molar-refractivity contribution in [2.24, 2.45) is 0 Å². The number of ether oxygens (including phenoxy) is 1. The lowest BCUT2D eigenvalue weighted by molar-refractivity contribution is 0.0713. The highest BCUT2D eigenvalue weighted by Gasteiger charge is 2.28. The first-order valence-electron chi connectivity index (χ1n) is 12.8. The van der Waals surface area contributed by atoms with Crippen molar-refractivity contribution >= 4 is 28.7 Å². The van der Waals surface area contributed by atoms with Gasteiger partial charge in [0.25, 0.3) is 5.91 Å². The van der Waals surface area contributed by atoms with Gasteiger partial charge in [0, 0.05) is 62.4 Å². The fourth-order valence-corrected chi connectivity index (χ4v) is 5.71. The molecule has 2 saturated heterocycles. The number of hydrogen-bond acceptors (Lipinski definition) is 4. The Hall–Kier alpha value is -3.16. The Labute approximate surface area is 215 Å². The Morgan fingerprint density at radius 3 is 2.67 bits per heavy atom. The van der Waals surface area contributed by atoms with Crippen LogP contribution in [-0.4, -0.2) is 56.6 Å². The molecule has 186 valence electrons. The first-order valence-corrected chi connectivity index (χ1v) is 13.1. The highest BCUT2D eigenvalue weighted by atomic mass is 35.5. The van der Waals surface area contributed by atoms with Crippen molar-refractivity contribution in [1.29, 1.82) is 0 Å². The molecule has 7 nitrogen and oxygen atoms in total. The largest absolute Gasteiger partial charge is 0.381 e. The second kappa shape index (κ2) is 10.1. The van der Waals surface area contributed by atoms with E-state index < -0.39 is 0 Å². The van der Waals surface area contributed by atoms with Gasteiger partial charge in [0.2, 0.25) is 0 Å². The van der Waals surface area contributed by atoms with Crippen LogP contribution in [0.5, 0.6) is 0 Å². The van der Waals surface area contributed by atoms with Gasteiger partial charge in [-0.05, 0) is 60.9 Å². The third kappa shape index (κ3) is 4.65. The van der Waals surface area contributed by atoms with E-state index in [0.29, 0.717) is 18.4 Å². The molecule has 1 aromatic carbocycles. The van der Waals surface area contributed by atoms with Crippen molar-refractivity contribution in [2.45, 2.75) is 44.1 Å². The van der Waals surface area contributed by atoms with Gasteiger partial charge >= 0.3 is 0 Å². The summed E-state index contributed by atoms with van der Waals surface area (Å²) in [6.07, 6.45) is 9.59. The maximum atomic E-state index is 13.2. The van der Waals surface area contributed by atoms with Crippen molar-refractivity contribution in [3.05, 3.63) is 82.5 Å². The summed E-state index contributed by atoms with van der Waals surface area (Å²) in [7, 11) is 0. The summed E-state index contributed by atoms with van der Waals surface area (Å²) >= 11 is 6.30. The molecule has 1 N–H and O–H groups in total. The van der Waals surface area contributed by atoms with Gasteiger partial charge in [0.05, 0.1) is 11.1 Å². The number of nitrogens with one attached hydrogen (secondary N) is 1. The molecule has 2 aliphatic rings. The molecule has 36 heavy (non-hydrogen) atoms. The fraction of sp³-hybridized carbons (Fsp3) is 0.393. The Balaban J connectivity index is 1.12. The van der Waals surface area contributed by atoms with Crippen molar-refractivity contribution in [3.63, 3.8) is 0 Å². The minimum absolute atomic E-state index is 0.0922. The summed E-state index contributed by atoms with van der Waals surface area (Å²) in [5.74, 6) is 1.91. The third-order valence-corrected chi connectivity index (χ3v) is 7.95. The van der Waals surface area contributed by atoms with Crippen molar-refractivity contribution < 1.29 is 9.53 Å². The second-order valence-electron chi connectivity index (χ2n) is 9.84. The number of H-pyrrole nitrogens is 1. The number of aromatic amines is 1. The van der Waals surface area contributed by atoms with Crippen LogP contribution in [0.1, 0.15) is 64.8 Å². The molecule has 8 heteroatoms. The maximum Gasteiger partial charge on any atom is 0.255 e. The minimum atomic E-state index is 0.0922. The molecule has 2 fully saturated rings. The van der Waals surface area contributed by atoms with Crippen LogP contribution in [0.3, 0.4) is 0 Å². The summed E-state index contributed by atoms with van der Waals surface area (Å²) in [4.78, 5) is 28.1. The quantitative estimate of drug-likeness (QED) is 0.397. The number of rotatable bonds is 5. The number of carbonyl (C=O) groups excluding carboxylic acids is 1. The van der Waals surface area contributed by atoms with E-state index in [-0.39, 0.29) is 5.91 Å². The Morgan fingerprint density at radius 2 is 1.86 bits per heavy atom. The zero-order chi connectivity index (χ0) is 24.5. The average Bonchev–Trinajstić information content (AvgIpc) is 3.58. The van der Waals surface area contributed by atoms with Gasteiger partial charge in [-0.2, -0.15) is 0 Å². The molecule has 2 aliphatic heterocycles. The number of imidazole rings is 1. The standard InChI is InChI=1S/C28H30ClN5O2/c29-24-4-2-1-3-21(24)17-33-12-6-22(18-33)28(35)34-13-7-19(8-14-34)23-5-11-30-27-25(23)31-26(32-27)20-9-15-36-16-10-20/h1-6,11-12,18-20H,7-10,13-17H2,(H,30,31,32). The van der Waals surface area contributed by atoms with Crippen molar-refractivity contribution in [1.82, 2.24) is 24.4 Å². The molecule has 0 spiro atoms. The molecule has 0 aliphatic carbocycles. The lowest BCUT2D eigenvalue weighted by Gasteiger charge is -2.32. The van der Waals surface area contributed by atoms with Gasteiger partial charge in [0.1, 0.15) is 5.82 Å². The van der Waals surface area contributed by atoms with Crippen LogP contribution in [0.15, 0.2) is 55.0 Å². The predicted molar refractivity (Wildman–Crippen MR) is 140 cm³/mol. The summed E-state index contributed by atoms with van der Waals surface area (Å²) in [5.41, 5.74) is 4.88. The predicted octanol–water partition coefficient (Wildman–Crippen LogP) is 5.37. The molecular weight excluding hydrogens is 474 g/mol. The van der Waals surface area contributed by atoms with Crippen LogP contribution >= 0.6 is 11.6 Å². The van der Waals surface area contributed by atoms with E-state index in [1.807, 2.05) is 58.4 Å². The zero-order valence-corrected chi connectivity index (χ0v) is 21.0. The van der Waals surface area contributed by atoms with Gasteiger partial charge in [-0.15, -0.1) is 0 Å². The monoisotopic (exact) mass is 503 g/mol. The molecule has 5 heterocycles. The number of fused-ring (bicyclic) bond motifs is 1. The van der Waals surface area contributed by atoms with Crippen LogP contribution in [0.2, 0.25) is 5.02 Å². The number of aromatic nitrogens is 4. The zero-order valence-electron chi connectivity index (χ0n) is 20.2. The first kappa shape index (κ1) is 23.3. The van der Waals surface area contributed by atoms with E-state index in [1.54, 1.807) is 0 Å². The molecule has 3 aromatic heterocycles. The Morgan fingerprint density at radius 1 is 1.06 bits per heavy atom. The van der Waals surface area contributed by atoms with Gasteiger partial charge in [-0.25, -0.2) is 9.97 Å². The third-order valence-electron chi connectivity index (χ3n) is 7.58. The van der Waals surface area contributed by atoms with Gasteiger partial charge in [-0.1, -0.05) is 29.8 Å². The van der Waals surface area contributed by atoms with Crippen molar-refractivity contribution in [2.75, 3.05) is 26.3 Å². The summed E-state index contributed by atoms with van der Waals surface area (Å²) in [6.45, 7) is 3.71. The minimum Gasteiger partial charge on any atom is -0.381 e. The number of pyridine rings is 1. The molecule has 0 saturated carbocycles. The number of likely N-dealkylation sites (tertiary alicyclic amines) is 1. The molecule has 6 rings (SSSR count). The molecule has 0 atom stereocenters. The average molecular weight is 504 g/mol. The lowest BCUT2D eigenvalue weighted by Crippen LogP contribution is -2.37. The van der Waals surface area contributed by atoms with E-state index in [2.05, 4.69) is 16.0 Å². The number of benzene rings is 1. The van der Waals surface area contributed by atoms with E-state index in [0.717, 1.165) is 85.1 Å². The number of hydrogen-bond donors (Lipinski definition) is 1. The molecule has 0 bridgehead atoms. The fourth-order valence-electron chi connectivity index (χ4n) is 5.52. The van der Waals surface area contributed by atoms with Crippen LogP contribution in [0.25, 0.3) is 11.2 Å². The second-order valence-corrected chi connectivity index (χ2v) is 10.2. The van der Waals surface area contributed by atoms with Gasteiger partial charge in [-0.3, -0.25) is 4.79 Å². The molecule has 0 radical (unpaired) electrons. The van der Waals surface area contributed by atoms with Gasteiger partial charge in [0.15, 0.2) is 5.65 Å². The van der Waals surface area contributed by atoms with Gasteiger partial charge < -0.3 is 19.2 Å². The number of piperidine rings is 1. The Bertz CT molecular complexity index is 1370. The number of nitrogens with zero attached hydrogens (tertiary/aromatic N) is 4. The maximum absolute atomic E-state index is 13.2. The van der Waals surface area contributed by atoms with E-state index in [9.17, 15) is 4.79 Å². The molecular formula is C28H30ClN5O2. The van der Waals surface area contributed by atoms with E-state index in [1.165, 1.54) is 5.56 Å². The highest BCUT2D eigenvalue weighted by Crippen LogP contribution is 2.34. The van der Waals surface area contributed by atoms with E-state index in [4.69, 9.17) is 21.3 Å². The normalized spacial score (nSPS) is 17.6. The number of amides is 1. The van der Waals surface area contributed by atoms with E-state index >= 15 is 0 Å². The number of halogens is 1. The van der Waals surface area contributed by atoms with Crippen molar-refractivity contribution in [3.8, 4) is 0 Å². The van der Waals surface area contributed by atoms with Crippen LogP contribution in [-0.2, 0) is 11.3 Å². The van der Waals surface area contributed by atoms with Crippen LogP contribution in [0.4, 0.5) is 0 Å². The highest BCUT2D eigenvalue weighted by molar-refractivity contribution is 6.31. The first-order chi connectivity index (χ1) is 17.7. The van der Waals surface area contributed by atoms with Crippen LogP contribution in [0, 0.1) is 0 Å². The molecule has 4 aromatic rings. The summed E-state index contributed by atoms with van der Waals surface area (Å²) < 4.78 is 7.53. The molecule has 0 unspecified atom stereocenters. The summed E-state index contributed by atoms with van der Waals surface area (Å²) in [5, 5.41) is 0.739. The lowest BCUT2D eigenvalue weighted by atomic mass is 9.89. The Kier molecular flexibility index (Phi) is 6.50. The molecule has 1 amide bonds. The summed E-state index contributed by atoms with van der Waals surface area (Å²) in [6, 6.07) is 11.8.